The molecule has 3 aromatic rings. The van der Waals surface area contributed by atoms with E-state index in [9.17, 15) is 14.7 Å². The summed E-state index contributed by atoms with van der Waals surface area (Å²) < 4.78 is 0. The van der Waals surface area contributed by atoms with E-state index in [4.69, 9.17) is 46.4 Å². The lowest BCUT2D eigenvalue weighted by molar-refractivity contribution is 0.0747. The van der Waals surface area contributed by atoms with E-state index in [2.05, 4.69) is 5.32 Å². The van der Waals surface area contributed by atoms with E-state index in [1.54, 1.807) is 54.6 Å². The van der Waals surface area contributed by atoms with E-state index < -0.39 is 17.8 Å². The van der Waals surface area contributed by atoms with Gasteiger partial charge in [0.1, 0.15) is 6.10 Å². The van der Waals surface area contributed by atoms with Crippen LogP contribution in [0.25, 0.3) is 0 Å². The average Bonchev–Trinajstić information content (AvgIpc) is 2.76. The molecule has 0 bridgehead atoms. The highest BCUT2D eigenvalue weighted by atomic mass is 35.5. The smallest absolute Gasteiger partial charge is 0.253 e. The van der Waals surface area contributed by atoms with Crippen molar-refractivity contribution in [1.29, 1.82) is 0 Å². The lowest BCUT2D eigenvalue weighted by atomic mass is 9.99. The molecule has 0 radical (unpaired) electrons. The molecule has 1 amide bonds. The number of rotatable bonds is 6. The van der Waals surface area contributed by atoms with Gasteiger partial charge in [-0.05, 0) is 17.7 Å². The van der Waals surface area contributed by atoms with E-state index in [-0.39, 0.29) is 37.8 Å². The summed E-state index contributed by atoms with van der Waals surface area (Å²) in [6.45, 7) is 0.0588. The summed E-state index contributed by atoms with van der Waals surface area (Å²) in [7, 11) is 0. The van der Waals surface area contributed by atoms with Gasteiger partial charge < -0.3 is 10.4 Å². The second-order valence-electron chi connectivity index (χ2n) is 6.36. The Kier molecular flexibility index (Phi) is 7.40. The highest BCUT2D eigenvalue weighted by Gasteiger charge is 2.24. The van der Waals surface area contributed by atoms with Gasteiger partial charge in [0, 0.05) is 17.7 Å². The summed E-state index contributed by atoms with van der Waals surface area (Å²) >= 11 is 24.6. The first-order valence-electron chi connectivity index (χ1n) is 8.77. The summed E-state index contributed by atoms with van der Waals surface area (Å²) in [5.41, 5.74) is 1.28. The number of ketones is 1. The van der Waals surface area contributed by atoms with E-state index >= 15 is 0 Å². The van der Waals surface area contributed by atoms with Crippen LogP contribution >= 0.6 is 46.4 Å². The largest absolute Gasteiger partial charge is 0.380 e. The highest BCUT2D eigenvalue weighted by molar-refractivity contribution is 6.44. The summed E-state index contributed by atoms with van der Waals surface area (Å²) in [6, 6.07) is 16.2. The summed E-state index contributed by atoms with van der Waals surface area (Å²) in [5.74, 6) is -0.928. The zero-order valence-corrected chi connectivity index (χ0v) is 18.4. The molecule has 0 spiro atoms. The number of aliphatic hydroxyl groups is 1. The van der Waals surface area contributed by atoms with Crippen molar-refractivity contribution >= 4 is 58.1 Å². The minimum atomic E-state index is -1.47. The molecule has 0 aliphatic heterocycles. The Morgan fingerprint density at radius 1 is 0.833 bits per heavy atom. The Morgan fingerprint density at radius 2 is 1.53 bits per heavy atom. The standard InChI is InChI=1S/C22H15Cl4NO3/c23-16-8-4-7-15(18(16)25)22(30)27-11-13-9-10-14(19(26)17(13)24)21(29)20(28)12-5-2-1-3-6-12/h1-10,21,29H,11H2,(H,27,30). The number of benzene rings is 3. The number of hydrogen-bond donors (Lipinski definition) is 2. The van der Waals surface area contributed by atoms with Crippen molar-refractivity contribution < 1.29 is 14.7 Å². The first-order valence-corrected chi connectivity index (χ1v) is 10.3. The zero-order valence-electron chi connectivity index (χ0n) is 15.3. The third-order valence-corrected chi connectivity index (χ3v) is 6.18. The number of carbonyl (C=O) groups excluding carboxylic acids is 2. The van der Waals surface area contributed by atoms with Crippen LogP contribution in [-0.2, 0) is 6.54 Å². The molecular formula is C22H15Cl4NO3. The number of halogens is 4. The first-order chi connectivity index (χ1) is 14.3. The van der Waals surface area contributed by atoms with E-state index in [1.165, 1.54) is 6.07 Å². The SMILES string of the molecule is O=C(NCc1ccc(C(O)C(=O)c2ccccc2)c(Cl)c1Cl)c1cccc(Cl)c1Cl. The molecule has 0 aromatic heterocycles. The Morgan fingerprint density at radius 3 is 2.23 bits per heavy atom. The molecule has 30 heavy (non-hydrogen) atoms. The molecule has 1 atom stereocenters. The van der Waals surface area contributed by atoms with Crippen molar-refractivity contribution in [2.24, 2.45) is 0 Å². The summed E-state index contributed by atoms with van der Waals surface area (Å²) in [4.78, 5) is 24.9. The molecule has 0 aliphatic carbocycles. The van der Waals surface area contributed by atoms with Gasteiger partial charge in [0.05, 0.1) is 25.7 Å². The number of carbonyl (C=O) groups is 2. The van der Waals surface area contributed by atoms with E-state index in [0.717, 1.165) is 0 Å². The summed E-state index contributed by atoms with van der Waals surface area (Å²) in [5, 5.41) is 13.8. The van der Waals surface area contributed by atoms with Crippen LogP contribution in [0.15, 0.2) is 60.7 Å². The molecule has 8 heteroatoms. The van der Waals surface area contributed by atoms with Crippen LogP contribution in [0.2, 0.25) is 20.1 Å². The molecule has 154 valence electrons. The van der Waals surface area contributed by atoms with Gasteiger partial charge in [-0.25, -0.2) is 0 Å². The van der Waals surface area contributed by atoms with Crippen LogP contribution in [-0.4, -0.2) is 16.8 Å². The third kappa shape index (κ3) is 4.80. The Bertz CT molecular complexity index is 1100. The molecule has 0 saturated heterocycles. The molecule has 2 N–H and O–H groups in total. The van der Waals surface area contributed by atoms with Gasteiger partial charge in [0.2, 0.25) is 0 Å². The fraction of sp³-hybridized carbons (Fsp3) is 0.0909. The van der Waals surface area contributed by atoms with Crippen molar-refractivity contribution in [3.63, 3.8) is 0 Å². The Labute approximate surface area is 193 Å². The monoisotopic (exact) mass is 481 g/mol. The molecular weight excluding hydrogens is 468 g/mol. The molecule has 3 rings (SSSR count). The molecule has 0 heterocycles. The number of hydrogen-bond acceptors (Lipinski definition) is 3. The Balaban J connectivity index is 1.77. The Hall–Kier alpha value is -2.08. The second kappa shape index (κ2) is 9.82. The van der Waals surface area contributed by atoms with Crippen LogP contribution < -0.4 is 5.32 Å². The lowest BCUT2D eigenvalue weighted by Crippen LogP contribution is -2.23. The number of amides is 1. The van der Waals surface area contributed by atoms with Gasteiger partial charge in [-0.15, -0.1) is 0 Å². The van der Waals surface area contributed by atoms with Crippen LogP contribution in [0.1, 0.15) is 37.9 Å². The number of aliphatic hydroxyl groups excluding tert-OH is 1. The predicted molar refractivity (Wildman–Crippen MR) is 120 cm³/mol. The fourth-order valence-corrected chi connectivity index (χ4v) is 3.72. The molecule has 0 fully saturated rings. The van der Waals surface area contributed by atoms with Crippen molar-refractivity contribution in [3.05, 3.63) is 103 Å². The van der Waals surface area contributed by atoms with Gasteiger partial charge in [-0.1, -0.05) is 94.9 Å². The van der Waals surface area contributed by atoms with E-state index in [0.29, 0.717) is 11.1 Å². The maximum atomic E-state index is 12.5. The molecule has 0 aliphatic rings. The van der Waals surface area contributed by atoms with Gasteiger partial charge in [-0.3, -0.25) is 9.59 Å². The normalized spacial score (nSPS) is 11.8. The van der Waals surface area contributed by atoms with Gasteiger partial charge in [0.15, 0.2) is 5.78 Å². The second-order valence-corrected chi connectivity index (χ2v) is 7.90. The molecule has 1 unspecified atom stereocenters. The van der Waals surface area contributed by atoms with Crippen LogP contribution in [0.4, 0.5) is 0 Å². The van der Waals surface area contributed by atoms with Gasteiger partial charge in [0.25, 0.3) is 5.91 Å². The van der Waals surface area contributed by atoms with Crippen LogP contribution in [0, 0.1) is 0 Å². The maximum Gasteiger partial charge on any atom is 0.253 e. The van der Waals surface area contributed by atoms with Crippen molar-refractivity contribution in [2.45, 2.75) is 12.6 Å². The van der Waals surface area contributed by atoms with Crippen molar-refractivity contribution in [3.8, 4) is 0 Å². The topological polar surface area (TPSA) is 66.4 Å². The minimum Gasteiger partial charge on any atom is -0.380 e. The first kappa shape index (κ1) is 22.6. The average molecular weight is 483 g/mol. The maximum absolute atomic E-state index is 12.5. The van der Waals surface area contributed by atoms with Crippen molar-refractivity contribution in [1.82, 2.24) is 5.32 Å². The van der Waals surface area contributed by atoms with Crippen molar-refractivity contribution in [2.75, 3.05) is 0 Å². The van der Waals surface area contributed by atoms with E-state index in [1.807, 2.05) is 0 Å². The van der Waals surface area contributed by atoms with Crippen LogP contribution in [0.5, 0.6) is 0 Å². The molecule has 3 aromatic carbocycles. The lowest BCUT2D eigenvalue weighted by Gasteiger charge is -2.15. The molecule has 0 saturated carbocycles. The predicted octanol–water partition coefficient (Wildman–Crippen LogP) is 6.15. The number of nitrogens with one attached hydrogen (secondary N) is 1. The fourth-order valence-electron chi connectivity index (χ4n) is 2.80. The number of Topliss-reactive ketones (excluding diaryl/α,β-unsaturated/α-hetero) is 1. The molecule has 4 nitrogen and oxygen atoms in total. The highest BCUT2D eigenvalue weighted by Crippen LogP contribution is 2.34. The van der Waals surface area contributed by atoms with Crippen LogP contribution in [0.3, 0.4) is 0 Å². The van der Waals surface area contributed by atoms with Gasteiger partial charge >= 0.3 is 0 Å². The quantitative estimate of drug-likeness (QED) is 0.414. The minimum absolute atomic E-state index is 0.0426. The third-order valence-electron chi connectivity index (χ3n) is 4.43. The van der Waals surface area contributed by atoms with Gasteiger partial charge in [-0.2, -0.15) is 0 Å². The summed E-state index contributed by atoms with van der Waals surface area (Å²) in [6.07, 6.45) is -1.47. The zero-order chi connectivity index (χ0) is 21.8.